The second-order valence-corrected chi connectivity index (χ2v) is 8.32. The molecule has 170 valence electrons. The average Bonchev–Trinajstić information content (AvgIpc) is 3.27. The minimum absolute atomic E-state index is 0.190. The number of hydrogen-bond acceptors (Lipinski definition) is 5. The number of esters is 1. The van der Waals surface area contributed by atoms with E-state index >= 15 is 0 Å². The van der Waals surface area contributed by atoms with E-state index in [1.807, 2.05) is 23.6 Å². The Morgan fingerprint density at radius 3 is 2.61 bits per heavy atom. The number of carboxylic acid groups (broad SMARTS) is 1. The molecule has 0 spiro atoms. The molecule has 0 saturated carbocycles. The van der Waals surface area contributed by atoms with Gasteiger partial charge in [0, 0.05) is 22.0 Å². The Hall–Kier alpha value is -3.39. The van der Waals surface area contributed by atoms with Gasteiger partial charge in [0.1, 0.15) is 5.82 Å². The molecule has 0 atom stereocenters. The van der Waals surface area contributed by atoms with E-state index in [1.165, 1.54) is 0 Å². The van der Waals surface area contributed by atoms with Crippen molar-refractivity contribution in [3.8, 4) is 22.3 Å². The van der Waals surface area contributed by atoms with E-state index in [0.717, 1.165) is 32.6 Å². The van der Waals surface area contributed by atoms with Gasteiger partial charge in [0.25, 0.3) is 0 Å². The molecule has 0 amide bonds. The number of aromatic carboxylic acids is 1. The maximum absolute atomic E-state index is 12.8. The molecule has 0 saturated heterocycles. The number of ether oxygens (including phenoxy) is 1. The summed E-state index contributed by atoms with van der Waals surface area (Å²) < 4.78 is 13.3. The number of carbonyl (C=O) groups excluding carboxylic acids is 1. The number of nitrogens with zero attached hydrogens (tertiary/aromatic N) is 2. The molecule has 8 heteroatoms. The monoisotopic (exact) mass is 510 g/mol. The molecule has 7 nitrogen and oxygen atoms in total. The molecule has 0 radical (unpaired) electrons. The Labute approximate surface area is 199 Å². The zero-order chi connectivity index (χ0) is 23.7. The highest BCUT2D eigenvalue weighted by Gasteiger charge is 2.29. The number of imidazole rings is 1. The summed E-state index contributed by atoms with van der Waals surface area (Å²) in [4.78, 5) is 29.4. The third-order valence-electron chi connectivity index (χ3n) is 5.62. The van der Waals surface area contributed by atoms with Gasteiger partial charge < -0.3 is 18.8 Å². The normalized spacial score (nSPS) is 11.2. The van der Waals surface area contributed by atoms with Crippen molar-refractivity contribution in [1.29, 1.82) is 0 Å². The first-order valence-corrected chi connectivity index (χ1v) is 11.4. The van der Waals surface area contributed by atoms with Crippen LogP contribution in [0.5, 0.6) is 0 Å². The molecule has 1 aliphatic carbocycles. The molecule has 1 aliphatic heterocycles. The number of rotatable bonds is 7. The lowest BCUT2D eigenvalue weighted by molar-refractivity contribution is 0.0512. The lowest BCUT2D eigenvalue weighted by Crippen LogP contribution is -2.16. The van der Waals surface area contributed by atoms with Crippen molar-refractivity contribution in [2.45, 2.75) is 33.7 Å². The van der Waals surface area contributed by atoms with Gasteiger partial charge in [-0.2, -0.15) is 0 Å². The van der Waals surface area contributed by atoms with Crippen molar-refractivity contribution in [3.05, 3.63) is 75.7 Å². The predicted molar refractivity (Wildman–Crippen MR) is 127 cm³/mol. The SMILES string of the molecule is CCOC(=O)c1c(C)nc(CC)n1Cc1c2ccocc-2c(Br)c1-c1ccccc1C(=O)O. The number of carboxylic acids is 1. The number of aryl methyl sites for hydroxylation is 2. The van der Waals surface area contributed by atoms with Crippen molar-refractivity contribution in [1.82, 2.24) is 9.55 Å². The largest absolute Gasteiger partial charge is 0.478 e. The van der Waals surface area contributed by atoms with Gasteiger partial charge in [-0.3, -0.25) is 0 Å². The standard InChI is InChI=1S/C25H23BrN2O5/c1-4-20-27-14(3)23(25(31)33-5-2)28(20)12-18-15-10-11-32-13-19(15)22(26)21(18)16-8-6-7-9-17(16)24(29)30/h6-11,13H,4-5,12H2,1-3H3,(H,29,30). The Balaban J connectivity index is 1.99. The highest BCUT2D eigenvalue weighted by atomic mass is 79.9. The topological polar surface area (TPSA) is 94.6 Å². The van der Waals surface area contributed by atoms with Gasteiger partial charge >= 0.3 is 11.9 Å². The first-order valence-electron chi connectivity index (χ1n) is 10.6. The number of aromatic nitrogens is 2. The second-order valence-electron chi connectivity index (χ2n) is 7.52. The van der Waals surface area contributed by atoms with E-state index in [0.29, 0.717) is 29.9 Å². The van der Waals surface area contributed by atoms with Gasteiger partial charge in [-0.1, -0.05) is 25.1 Å². The maximum atomic E-state index is 12.8. The molecule has 33 heavy (non-hydrogen) atoms. The molecule has 0 fully saturated rings. The predicted octanol–water partition coefficient (Wildman–Crippen LogP) is 5.80. The fraction of sp³-hybridized carbons (Fsp3) is 0.240. The fourth-order valence-electron chi connectivity index (χ4n) is 4.22. The number of fused-ring (bicyclic) bond motifs is 1. The average molecular weight is 511 g/mol. The van der Waals surface area contributed by atoms with Crippen molar-refractivity contribution < 1.29 is 23.8 Å². The number of carbonyl (C=O) groups is 2. The third-order valence-corrected chi connectivity index (χ3v) is 6.44. The summed E-state index contributed by atoms with van der Waals surface area (Å²) >= 11 is 3.68. The van der Waals surface area contributed by atoms with Gasteiger partial charge in [-0.25, -0.2) is 14.6 Å². The molecule has 1 N–H and O–H groups in total. The van der Waals surface area contributed by atoms with Crippen LogP contribution in [-0.2, 0) is 17.7 Å². The van der Waals surface area contributed by atoms with Crippen LogP contribution in [0.1, 0.15) is 51.8 Å². The minimum atomic E-state index is -1.02. The van der Waals surface area contributed by atoms with Crippen molar-refractivity contribution in [2.24, 2.45) is 0 Å². The van der Waals surface area contributed by atoms with Crippen LogP contribution in [0, 0.1) is 6.92 Å². The number of halogens is 1. The summed E-state index contributed by atoms with van der Waals surface area (Å²) in [5.41, 5.74) is 5.08. The van der Waals surface area contributed by atoms with Crippen LogP contribution in [-0.4, -0.2) is 33.2 Å². The first-order chi connectivity index (χ1) is 15.9. The van der Waals surface area contributed by atoms with Gasteiger partial charge in [0.2, 0.25) is 0 Å². The van der Waals surface area contributed by atoms with E-state index in [1.54, 1.807) is 44.6 Å². The molecular weight excluding hydrogens is 488 g/mol. The molecule has 2 aromatic rings. The Bertz CT molecular complexity index is 1320. The summed E-state index contributed by atoms with van der Waals surface area (Å²) in [6.07, 6.45) is 3.83. The van der Waals surface area contributed by atoms with E-state index in [9.17, 15) is 14.7 Å². The molecule has 4 rings (SSSR count). The van der Waals surface area contributed by atoms with E-state index < -0.39 is 11.9 Å². The van der Waals surface area contributed by atoms with Crippen molar-refractivity contribution in [3.63, 3.8) is 0 Å². The zero-order valence-corrected chi connectivity index (χ0v) is 20.1. The van der Waals surface area contributed by atoms with Crippen LogP contribution in [0.4, 0.5) is 0 Å². The van der Waals surface area contributed by atoms with E-state index in [-0.39, 0.29) is 12.2 Å². The summed E-state index contributed by atoms with van der Waals surface area (Å²) in [5.74, 6) is -0.697. The van der Waals surface area contributed by atoms with Gasteiger partial charge in [0.15, 0.2) is 5.69 Å². The maximum Gasteiger partial charge on any atom is 0.356 e. The van der Waals surface area contributed by atoms with Crippen LogP contribution in [0.2, 0.25) is 0 Å². The third kappa shape index (κ3) is 3.95. The Morgan fingerprint density at radius 2 is 1.91 bits per heavy atom. The molecule has 1 aromatic carbocycles. The number of benzene rings is 1. The lowest BCUT2D eigenvalue weighted by atomic mass is 9.98. The van der Waals surface area contributed by atoms with Gasteiger partial charge in [0.05, 0.1) is 36.9 Å². The minimum Gasteiger partial charge on any atom is -0.478 e. The summed E-state index contributed by atoms with van der Waals surface area (Å²) in [7, 11) is 0. The smallest absolute Gasteiger partial charge is 0.356 e. The van der Waals surface area contributed by atoms with Gasteiger partial charge in [-0.15, -0.1) is 0 Å². The van der Waals surface area contributed by atoms with E-state index in [4.69, 9.17) is 9.15 Å². The first kappa shape index (κ1) is 22.8. The number of hydrogen-bond donors (Lipinski definition) is 1. The van der Waals surface area contributed by atoms with Crippen molar-refractivity contribution in [2.75, 3.05) is 6.61 Å². The highest BCUT2D eigenvalue weighted by Crippen LogP contribution is 2.47. The molecule has 1 aromatic heterocycles. The van der Waals surface area contributed by atoms with Crippen LogP contribution < -0.4 is 0 Å². The molecule has 2 heterocycles. The van der Waals surface area contributed by atoms with Gasteiger partial charge in [-0.05, 0) is 58.6 Å². The van der Waals surface area contributed by atoms with Crippen LogP contribution >= 0.6 is 15.9 Å². The summed E-state index contributed by atoms with van der Waals surface area (Å²) in [5, 5.41) is 9.82. The lowest BCUT2D eigenvalue weighted by Gasteiger charge is -2.15. The Kier molecular flexibility index (Phi) is 6.37. The van der Waals surface area contributed by atoms with Crippen LogP contribution in [0.15, 0.2) is 51.7 Å². The molecule has 0 unspecified atom stereocenters. The Morgan fingerprint density at radius 1 is 1.15 bits per heavy atom. The summed E-state index contributed by atoms with van der Waals surface area (Å²) in [6, 6.07) is 8.73. The summed E-state index contributed by atoms with van der Waals surface area (Å²) in [6.45, 7) is 6.11. The zero-order valence-electron chi connectivity index (χ0n) is 18.5. The fourth-order valence-corrected chi connectivity index (χ4v) is 4.98. The quantitative estimate of drug-likeness (QED) is 0.315. The van der Waals surface area contributed by atoms with E-state index in [2.05, 4.69) is 20.9 Å². The second kappa shape index (κ2) is 9.23. The van der Waals surface area contributed by atoms with Crippen LogP contribution in [0.3, 0.4) is 0 Å². The van der Waals surface area contributed by atoms with Crippen LogP contribution in [0.25, 0.3) is 22.3 Å². The van der Waals surface area contributed by atoms with Crippen molar-refractivity contribution >= 4 is 27.9 Å². The molecule has 0 bridgehead atoms. The highest BCUT2D eigenvalue weighted by molar-refractivity contribution is 9.10. The molecular formula is C25H23BrN2O5. The molecule has 2 aliphatic rings.